The average Bonchev–Trinajstić information content (AvgIpc) is 3.43. The van der Waals surface area contributed by atoms with Crippen LogP contribution >= 0.6 is 0 Å². The molecule has 1 aliphatic rings. The minimum atomic E-state index is -3.62. The summed E-state index contributed by atoms with van der Waals surface area (Å²) in [5, 5.41) is 3.12. The SMILES string of the molecule is CCS(=O)(=O)Nc1cc2oc(-n3ccnc3)c(C(=O)NC)c2cc1B1OC(C)(C)C(C)(C)O1. The third kappa shape index (κ3) is 4.02. The van der Waals surface area contributed by atoms with Gasteiger partial charge in [0.2, 0.25) is 15.9 Å². The molecule has 0 spiro atoms. The van der Waals surface area contributed by atoms with Gasteiger partial charge in [-0.2, -0.15) is 0 Å². The van der Waals surface area contributed by atoms with Gasteiger partial charge in [-0.3, -0.25) is 14.1 Å². The standard InChI is InChI=1S/C21H27BN4O6S/c1-7-33(28,29)25-15-11-16-13(10-14(15)22-31-20(2,3)21(4,5)32-22)17(18(27)23-6)19(30-16)26-9-8-24-12-26/h8-12,25H,7H2,1-6H3,(H,23,27). The van der Waals surface area contributed by atoms with E-state index in [9.17, 15) is 13.2 Å². The Labute approximate surface area is 192 Å². The lowest BCUT2D eigenvalue weighted by Crippen LogP contribution is -2.41. The highest BCUT2D eigenvalue weighted by molar-refractivity contribution is 7.92. The largest absolute Gasteiger partial charge is 0.497 e. The molecule has 12 heteroatoms. The number of nitrogens with zero attached hydrogens (tertiary/aromatic N) is 2. The number of furan rings is 1. The van der Waals surface area contributed by atoms with E-state index < -0.39 is 28.3 Å². The lowest BCUT2D eigenvalue weighted by atomic mass is 9.77. The number of hydrogen-bond donors (Lipinski definition) is 2. The second kappa shape index (κ2) is 7.89. The molecule has 1 aliphatic heterocycles. The number of benzene rings is 1. The molecule has 1 aromatic carbocycles. The van der Waals surface area contributed by atoms with Crippen LogP contribution in [0.2, 0.25) is 0 Å². The minimum Gasteiger partial charge on any atom is -0.439 e. The van der Waals surface area contributed by atoms with E-state index in [4.69, 9.17) is 13.7 Å². The average molecular weight is 474 g/mol. The number of sulfonamides is 1. The lowest BCUT2D eigenvalue weighted by molar-refractivity contribution is 0.00578. The number of anilines is 1. The van der Waals surface area contributed by atoms with Crippen molar-refractivity contribution in [3.8, 4) is 5.88 Å². The Hall–Kier alpha value is -2.83. The Bertz CT molecular complexity index is 1300. The number of fused-ring (bicyclic) bond motifs is 1. The first-order valence-electron chi connectivity index (χ1n) is 10.6. The van der Waals surface area contributed by atoms with Gasteiger partial charge in [0, 0.05) is 36.4 Å². The van der Waals surface area contributed by atoms with Gasteiger partial charge in [-0.1, -0.05) is 0 Å². The summed E-state index contributed by atoms with van der Waals surface area (Å²) in [5.41, 5.74) is 0.0310. The van der Waals surface area contributed by atoms with Crippen LogP contribution in [0.1, 0.15) is 45.0 Å². The van der Waals surface area contributed by atoms with Crippen LogP contribution in [0.3, 0.4) is 0 Å². The highest BCUT2D eigenvalue weighted by Crippen LogP contribution is 2.38. The fraction of sp³-hybridized carbons (Fsp3) is 0.429. The van der Waals surface area contributed by atoms with E-state index in [2.05, 4.69) is 15.0 Å². The zero-order valence-corrected chi connectivity index (χ0v) is 20.2. The van der Waals surface area contributed by atoms with Gasteiger partial charge < -0.3 is 19.0 Å². The molecule has 1 fully saturated rings. The van der Waals surface area contributed by atoms with Gasteiger partial charge >= 0.3 is 7.12 Å². The molecule has 10 nitrogen and oxygen atoms in total. The molecule has 176 valence electrons. The molecule has 0 aliphatic carbocycles. The summed E-state index contributed by atoms with van der Waals surface area (Å²) in [6.45, 7) is 9.18. The molecule has 0 saturated carbocycles. The lowest BCUT2D eigenvalue weighted by Gasteiger charge is -2.32. The van der Waals surface area contributed by atoms with E-state index in [1.54, 1.807) is 36.0 Å². The van der Waals surface area contributed by atoms with Crippen LogP contribution in [-0.2, 0) is 19.3 Å². The third-order valence-corrected chi connectivity index (χ3v) is 7.48. The van der Waals surface area contributed by atoms with Gasteiger partial charge in [0.15, 0.2) is 0 Å². The maximum atomic E-state index is 12.8. The van der Waals surface area contributed by atoms with E-state index in [1.165, 1.54) is 13.4 Å². The van der Waals surface area contributed by atoms with Gasteiger partial charge in [0.05, 0.1) is 22.6 Å². The van der Waals surface area contributed by atoms with Crippen molar-refractivity contribution in [1.29, 1.82) is 0 Å². The highest BCUT2D eigenvalue weighted by Gasteiger charge is 2.52. The number of nitrogens with one attached hydrogen (secondary N) is 2. The van der Waals surface area contributed by atoms with Gasteiger partial charge in [0.1, 0.15) is 17.5 Å². The van der Waals surface area contributed by atoms with E-state index in [1.807, 2.05) is 27.7 Å². The number of amides is 1. The number of carbonyl (C=O) groups excluding carboxylic acids is 1. The molecule has 1 saturated heterocycles. The number of carbonyl (C=O) groups is 1. The zero-order valence-electron chi connectivity index (χ0n) is 19.4. The molecule has 1 amide bonds. The van der Waals surface area contributed by atoms with Crippen LogP contribution in [0.25, 0.3) is 16.9 Å². The first kappa shape index (κ1) is 23.3. The number of rotatable bonds is 6. The van der Waals surface area contributed by atoms with Crippen LogP contribution in [0, 0.1) is 0 Å². The first-order chi connectivity index (χ1) is 15.4. The molecule has 3 heterocycles. The van der Waals surface area contributed by atoms with Crippen molar-refractivity contribution in [2.45, 2.75) is 45.8 Å². The summed E-state index contributed by atoms with van der Waals surface area (Å²) < 4.78 is 47.4. The van der Waals surface area contributed by atoms with Crippen molar-refractivity contribution in [2.24, 2.45) is 0 Å². The van der Waals surface area contributed by atoms with E-state index in [0.717, 1.165) is 0 Å². The third-order valence-electron chi connectivity index (χ3n) is 6.19. The van der Waals surface area contributed by atoms with Crippen molar-refractivity contribution in [3.05, 3.63) is 36.4 Å². The molecule has 0 radical (unpaired) electrons. The second-order valence-electron chi connectivity index (χ2n) is 8.86. The van der Waals surface area contributed by atoms with Crippen molar-refractivity contribution in [2.75, 3.05) is 17.5 Å². The fourth-order valence-corrected chi connectivity index (χ4v) is 4.20. The Morgan fingerprint density at radius 1 is 1.18 bits per heavy atom. The summed E-state index contributed by atoms with van der Waals surface area (Å²) in [6.07, 6.45) is 4.73. The Balaban J connectivity index is 1.97. The summed E-state index contributed by atoms with van der Waals surface area (Å²) in [5.74, 6) is -0.216. The fourth-order valence-electron chi connectivity index (χ4n) is 3.55. The summed E-state index contributed by atoms with van der Waals surface area (Å²) >= 11 is 0. The number of aromatic nitrogens is 2. The molecule has 0 unspecified atom stereocenters. The molecule has 2 aromatic heterocycles. The normalized spacial score (nSPS) is 17.5. The van der Waals surface area contributed by atoms with Crippen molar-refractivity contribution >= 4 is 45.2 Å². The van der Waals surface area contributed by atoms with Crippen molar-refractivity contribution < 1.29 is 26.9 Å². The molecule has 2 N–H and O–H groups in total. The summed E-state index contributed by atoms with van der Waals surface area (Å²) in [6, 6.07) is 3.23. The molecular weight excluding hydrogens is 447 g/mol. The Kier molecular flexibility index (Phi) is 5.58. The molecule has 0 bridgehead atoms. The maximum Gasteiger partial charge on any atom is 0.497 e. The van der Waals surface area contributed by atoms with Crippen molar-refractivity contribution in [1.82, 2.24) is 14.9 Å². The topological polar surface area (TPSA) is 125 Å². The van der Waals surface area contributed by atoms with Crippen LogP contribution in [0.5, 0.6) is 0 Å². The van der Waals surface area contributed by atoms with Crippen molar-refractivity contribution in [3.63, 3.8) is 0 Å². The molecule has 4 rings (SSSR count). The van der Waals surface area contributed by atoms with Gasteiger partial charge in [0.25, 0.3) is 5.91 Å². The summed E-state index contributed by atoms with van der Waals surface area (Å²) in [7, 11) is -2.95. The first-order valence-corrected chi connectivity index (χ1v) is 12.2. The second-order valence-corrected chi connectivity index (χ2v) is 10.9. The monoisotopic (exact) mass is 474 g/mol. The minimum absolute atomic E-state index is 0.115. The molecule has 0 atom stereocenters. The van der Waals surface area contributed by atoms with E-state index >= 15 is 0 Å². The number of hydrogen-bond acceptors (Lipinski definition) is 7. The molecule has 3 aromatic rings. The van der Waals surface area contributed by atoms with Crippen LogP contribution in [0.4, 0.5) is 5.69 Å². The zero-order chi connectivity index (χ0) is 24.2. The Morgan fingerprint density at radius 3 is 2.39 bits per heavy atom. The predicted molar refractivity (Wildman–Crippen MR) is 126 cm³/mol. The molecule has 33 heavy (non-hydrogen) atoms. The Morgan fingerprint density at radius 2 is 1.85 bits per heavy atom. The maximum absolute atomic E-state index is 12.8. The van der Waals surface area contributed by atoms with Crippen LogP contribution in [-0.4, -0.2) is 55.0 Å². The quantitative estimate of drug-likeness (QED) is 0.524. The van der Waals surface area contributed by atoms with Crippen LogP contribution < -0.4 is 15.5 Å². The van der Waals surface area contributed by atoms with E-state index in [0.29, 0.717) is 16.4 Å². The number of imidazole rings is 1. The molecular formula is C21H27BN4O6S. The van der Waals surface area contributed by atoms with Gasteiger partial charge in [-0.05, 0) is 40.7 Å². The van der Waals surface area contributed by atoms with Crippen LogP contribution in [0.15, 0.2) is 35.3 Å². The van der Waals surface area contributed by atoms with E-state index in [-0.39, 0.29) is 28.8 Å². The summed E-state index contributed by atoms with van der Waals surface area (Å²) in [4.78, 5) is 16.8. The van der Waals surface area contributed by atoms with Gasteiger partial charge in [-0.25, -0.2) is 13.4 Å². The van der Waals surface area contributed by atoms with Gasteiger partial charge in [-0.15, -0.1) is 0 Å². The smallest absolute Gasteiger partial charge is 0.439 e. The highest BCUT2D eigenvalue weighted by atomic mass is 32.2. The predicted octanol–water partition coefficient (Wildman–Crippen LogP) is 2.04.